The van der Waals surface area contributed by atoms with E-state index in [2.05, 4.69) is 98.9 Å². The summed E-state index contributed by atoms with van der Waals surface area (Å²) in [6.45, 7) is 3.30. The largest absolute Gasteiger partial charge is 0.472 e. The molecule has 0 aliphatic heterocycles. The summed E-state index contributed by atoms with van der Waals surface area (Å²) in [5, 5.41) is 18.4. The highest BCUT2D eigenvalue weighted by Crippen LogP contribution is 2.43. The summed E-state index contributed by atoms with van der Waals surface area (Å²) in [4.78, 5) is 22.6. The van der Waals surface area contributed by atoms with Crippen molar-refractivity contribution >= 4 is 13.8 Å². The number of carbonyl (C=O) groups is 1. The molecule has 3 atom stereocenters. The molecule has 10 heteroatoms. The lowest BCUT2D eigenvalue weighted by Crippen LogP contribution is -2.29. The molecule has 0 aromatic heterocycles. The van der Waals surface area contributed by atoms with Crippen LogP contribution in [0, 0.1) is 0 Å². The zero-order valence-electron chi connectivity index (χ0n) is 37.2. The number of aliphatic hydroxyl groups is 2. The first-order chi connectivity index (χ1) is 28.8. The Labute approximate surface area is 360 Å². The lowest BCUT2D eigenvalue weighted by Gasteiger charge is -2.20. The Bertz CT molecular complexity index is 1190. The fraction of sp³-hybridized carbons (Fsp3) is 0.694. The van der Waals surface area contributed by atoms with Crippen LogP contribution in [-0.4, -0.2) is 66.3 Å². The van der Waals surface area contributed by atoms with Crippen LogP contribution in [0.3, 0.4) is 0 Å². The Balaban J connectivity index is 4.23. The van der Waals surface area contributed by atoms with Crippen molar-refractivity contribution in [3.05, 3.63) is 85.1 Å². The summed E-state index contributed by atoms with van der Waals surface area (Å²) < 4.78 is 33.4. The molecule has 0 heterocycles. The third kappa shape index (κ3) is 45.0. The number of ether oxygens (including phenoxy) is 2. The monoisotopic (exact) mass is 849 g/mol. The Morgan fingerprint density at radius 3 is 1.46 bits per heavy atom. The van der Waals surface area contributed by atoms with Gasteiger partial charge in [-0.2, -0.15) is 0 Å². The van der Waals surface area contributed by atoms with E-state index in [9.17, 15) is 19.4 Å². The average molecular weight is 849 g/mol. The molecule has 0 aromatic rings. The van der Waals surface area contributed by atoms with Crippen molar-refractivity contribution in [2.45, 2.75) is 187 Å². The highest BCUT2D eigenvalue weighted by atomic mass is 31.2. The van der Waals surface area contributed by atoms with Gasteiger partial charge in [0.25, 0.3) is 0 Å². The minimum absolute atomic E-state index is 0.0239. The van der Waals surface area contributed by atoms with E-state index in [1.54, 1.807) is 0 Å². The fourth-order valence-electron chi connectivity index (χ4n) is 5.82. The molecule has 3 unspecified atom stereocenters. The quantitative estimate of drug-likeness (QED) is 0.0237. The number of aliphatic hydroxyl groups excluding tert-OH is 2. The molecule has 0 rings (SSSR count). The van der Waals surface area contributed by atoms with Crippen molar-refractivity contribution in [2.24, 2.45) is 0 Å². The molecule has 0 aliphatic rings. The topological polar surface area (TPSA) is 132 Å². The van der Waals surface area contributed by atoms with Gasteiger partial charge in [-0.1, -0.05) is 163 Å². The van der Waals surface area contributed by atoms with Gasteiger partial charge >= 0.3 is 13.8 Å². The zero-order chi connectivity index (χ0) is 43.2. The van der Waals surface area contributed by atoms with Gasteiger partial charge in [0.05, 0.1) is 26.4 Å². The first kappa shape index (κ1) is 56.6. The number of rotatable bonds is 43. The normalized spacial score (nSPS) is 14.7. The highest BCUT2D eigenvalue weighted by molar-refractivity contribution is 7.47. The third-order valence-electron chi connectivity index (χ3n) is 9.31. The smallest absolute Gasteiger partial charge is 0.457 e. The van der Waals surface area contributed by atoms with Crippen LogP contribution in [0.4, 0.5) is 0 Å². The molecule has 0 saturated carbocycles. The summed E-state index contributed by atoms with van der Waals surface area (Å²) in [5.41, 5.74) is 0. The summed E-state index contributed by atoms with van der Waals surface area (Å²) in [6.07, 6.45) is 55.4. The van der Waals surface area contributed by atoms with Crippen molar-refractivity contribution in [3.63, 3.8) is 0 Å². The Kier molecular flexibility index (Phi) is 43.4. The van der Waals surface area contributed by atoms with E-state index in [-0.39, 0.29) is 13.0 Å². The van der Waals surface area contributed by atoms with Gasteiger partial charge in [-0.15, -0.1) is 0 Å². The summed E-state index contributed by atoms with van der Waals surface area (Å²) >= 11 is 0. The number of esters is 1. The molecule has 0 spiro atoms. The van der Waals surface area contributed by atoms with Gasteiger partial charge in [-0.05, 0) is 89.9 Å². The van der Waals surface area contributed by atoms with E-state index < -0.39 is 45.8 Å². The second kappa shape index (κ2) is 45.2. The summed E-state index contributed by atoms with van der Waals surface area (Å²) in [6, 6.07) is 0. The molecule has 0 amide bonds. The van der Waals surface area contributed by atoms with E-state index in [1.807, 2.05) is 0 Å². The fourth-order valence-corrected chi connectivity index (χ4v) is 6.61. The molecular formula is C49H85O9P. The molecule has 3 N–H and O–H groups in total. The second-order valence-electron chi connectivity index (χ2n) is 15.0. The van der Waals surface area contributed by atoms with Crippen LogP contribution >= 0.6 is 7.82 Å². The summed E-state index contributed by atoms with van der Waals surface area (Å²) in [5.74, 6) is -0.403. The number of unbranched alkanes of at least 4 members (excludes halogenated alkanes) is 15. The van der Waals surface area contributed by atoms with E-state index in [0.29, 0.717) is 13.0 Å². The van der Waals surface area contributed by atoms with Crippen molar-refractivity contribution in [3.8, 4) is 0 Å². The average Bonchev–Trinajstić information content (AvgIpc) is 3.23. The standard InChI is InChI=1S/C49H85O9P/c1-3-5-7-9-11-13-15-17-19-21-23-24-26-28-30-32-34-36-38-40-42-55-45-48(46-57-59(53,54)56-44-47(51)43-50)58-49(52)41-39-37-35-33-31-29-27-25-22-20-18-16-14-12-10-8-6-4-2/h5,7,11,13-14,16-17,19-20,22-24,28,30,47-48,50-51H,3-4,6,8-10,12,15,18,21,25-27,29,31-46H2,1-2H3,(H,53,54)/b7-5-,13-11-,16-14-,19-17-,22-20-,24-23-,30-28-. The van der Waals surface area contributed by atoms with Crippen LogP contribution in [0.5, 0.6) is 0 Å². The number of phosphoric ester groups is 1. The number of carbonyl (C=O) groups excluding carboxylic acids is 1. The lowest BCUT2D eigenvalue weighted by molar-refractivity contribution is -0.154. The van der Waals surface area contributed by atoms with Gasteiger partial charge < -0.3 is 24.6 Å². The van der Waals surface area contributed by atoms with E-state index in [4.69, 9.17) is 23.6 Å². The van der Waals surface area contributed by atoms with E-state index in [1.165, 1.54) is 51.4 Å². The second-order valence-corrected chi connectivity index (χ2v) is 16.5. The molecule has 0 radical (unpaired) electrons. The lowest BCUT2D eigenvalue weighted by atomic mass is 10.1. The van der Waals surface area contributed by atoms with Crippen LogP contribution in [0.25, 0.3) is 0 Å². The zero-order valence-corrected chi connectivity index (χ0v) is 38.1. The van der Waals surface area contributed by atoms with Crippen molar-refractivity contribution in [2.75, 3.05) is 33.0 Å². The molecule has 0 aromatic carbocycles. The molecule has 9 nitrogen and oxygen atoms in total. The molecule has 0 aliphatic carbocycles. The van der Waals surface area contributed by atoms with Crippen LogP contribution < -0.4 is 0 Å². The SMILES string of the molecule is CC/C=C\C/C=C\C/C=C\C/C=C\C/C=C\CCCCCCOCC(COP(=O)(O)OCC(O)CO)OC(=O)CCCCCCCCC/C=C\C/C=C\CCCCCC. The van der Waals surface area contributed by atoms with Crippen molar-refractivity contribution in [1.29, 1.82) is 0 Å². The predicted octanol–water partition coefficient (Wildman–Crippen LogP) is 13.1. The maximum absolute atomic E-state index is 12.6. The minimum Gasteiger partial charge on any atom is -0.457 e. The van der Waals surface area contributed by atoms with Gasteiger partial charge in [-0.25, -0.2) is 4.57 Å². The minimum atomic E-state index is -4.54. The van der Waals surface area contributed by atoms with Crippen LogP contribution in [0.1, 0.15) is 174 Å². The summed E-state index contributed by atoms with van der Waals surface area (Å²) in [7, 11) is -4.54. The number of allylic oxidation sites excluding steroid dienone is 14. The number of phosphoric acid groups is 1. The highest BCUT2D eigenvalue weighted by Gasteiger charge is 2.26. The van der Waals surface area contributed by atoms with Crippen LogP contribution in [-0.2, 0) is 27.9 Å². The number of hydrogen-bond acceptors (Lipinski definition) is 8. The molecule has 0 saturated heterocycles. The number of hydrogen-bond donors (Lipinski definition) is 3. The molecule has 59 heavy (non-hydrogen) atoms. The molecule has 340 valence electrons. The molecule has 0 bridgehead atoms. The Morgan fingerprint density at radius 1 is 0.542 bits per heavy atom. The van der Waals surface area contributed by atoms with E-state index in [0.717, 1.165) is 96.3 Å². The van der Waals surface area contributed by atoms with E-state index >= 15 is 0 Å². The van der Waals surface area contributed by atoms with Gasteiger partial charge in [0.15, 0.2) is 0 Å². The maximum atomic E-state index is 12.6. The van der Waals surface area contributed by atoms with Crippen LogP contribution in [0.15, 0.2) is 85.1 Å². The molecule has 0 fully saturated rings. The maximum Gasteiger partial charge on any atom is 0.472 e. The molecular weight excluding hydrogens is 764 g/mol. The van der Waals surface area contributed by atoms with Gasteiger partial charge in [0, 0.05) is 13.0 Å². The Morgan fingerprint density at radius 2 is 0.966 bits per heavy atom. The first-order valence-corrected chi connectivity index (χ1v) is 24.6. The van der Waals surface area contributed by atoms with Crippen molar-refractivity contribution < 1.29 is 43.0 Å². The van der Waals surface area contributed by atoms with Crippen LogP contribution in [0.2, 0.25) is 0 Å². The Hall–Kier alpha value is -2.36. The van der Waals surface area contributed by atoms with Gasteiger partial charge in [0.1, 0.15) is 12.2 Å². The van der Waals surface area contributed by atoms with Gasteiger partial charge in [0.2, 0.25) is 0 Å². The predicted molar refractivity (Wildman–Crippen MR) is 246 cm³/mol. The first-order valence-electron chi connectivity index (χ1n) is 23.1. The van der Waals surface area contributed by atoms with Crippen molar-refractivity contribution in [1.82, 2.24) is 0 Å². The third-order valence-corrected chi connectivity index (χ3v) is 10.3. The van der Waals surface area contributed by atoms with Gasteiger partial charge in [-0.3, -0.25) is 13.8 Å².